The molecular weight excluding hydrogens is 436 g/mol. The van der Waals surface area contributed by atoms with Crippen LogP contribution >= 0.6 is 0 Å². The van der Waals surface area contributed by atoms with Gasteiger partial charge in [0.2, 0.25) is 0 Å². The maximum absolute atomic E-state index is 13.8. The van der Waals surface area contributed by atoms with Gasteiger partial charge < -0.3 is 9.97 Å². The van der Waals surface area contributed by atoms with Crippen LogP contribution < -0.4 is 21.8 Å². The molecule has 0 radical (unpaired) electrons. The fraction of sp³-hybridized carbons (Fsp3) is 0.103. The van der Waals surface area contributed by atoms with Crippen LogP contribution in [0.2, 0.25) is 0 Å². The number of allylic oxidation sites excluding steroid dienone is 3. The molecule has 35 heavy (non-hydrogen) atoms. The molecule has 4 heterocycles. The standard InChI is InChI=1S/C29H24N4O2/c1-5-9-21-23(11-7-3)33-27(31-21)17-13-12-16-24-18(14-15-19(25(17)24)29(33)35)28(34)32-22(10-6-2)20(8-4)30-26(16)32/h5-15,30-31H,2H2,1,3-4H3/b9-5-,11-7-,20-8+,22-10+. The van der Waals surface area contributed by atoms with Crippen molar-refractivity contribution in [2.45, 2.75) is 20.8 Å². The zero-order valence-corrected chi connectivity index (χ0v) is 19.8. The highest BCUT2D eigenvalue weighted by Gasteiger charge is 2.21. The van der Waals surface area contributed by atoms with Crippen molar-refractivity contribution in [2.75, 3.05) is 0 Å². The van der Waals surface area contributed by atoms with Gasteiger partial charge in [0.15, 0.2) is 0 Å². The number of imidazole rings is 2. The summed E-state index contributed by atoms with van der Waals surface area (Å²) in [6.45, 7) is 9.62. The fourth-order valence-corrected chi connectivity index (χ4v) is 5.37. The molecule has 0 unspecified atom stereocenters. The van der Waals surface area contributed by atoms with Gasteiger partial charge in [0.25, 0.3) is 11.1 Å². The minimum Gasteiger partial charge on any atom is -0.339 e. The molecule has 0 fully saturated rings. The van der Waals surface area contributed by atoms with Crippen LogP contribution in [0.25, 0.3) is 67.9 Å². The van der Waals surface area contributed by atoms with Crippen molar-refractivity contribution in [1.29, 1.82) is 0 Å². The largest absolute Gasteiger partial charge is 0.339 e. The molecule has 0 aliphatic heterocycles. The predicted octanol–water partition coefficient (Wildman–Crippen LogP) is 4.30. The first-order valence-corrected chi connectivity index (χ1v) is 11.6. The average Bonchev–Trinajstić information content (AvgIpc) is 3.41. The molecule has 2 N–H and O–H groups in total. The summed E-state index contributed by atoms with van der Waals surface area (Å²) in [6, 6.07) is 7.63. The summed E-state index contributed by atoms with van der Waals surface area (Å²) in [6.07, 6.45) is 13.2. The number of fused-ring (bicyclic) bond motifs is 4. The third kappa shape index (κ3) is 2.59. The number of hydrogen-bond donors (Lipinski definition) is 2. The third-order valence-electron chi connectivity index (χ3n) is 6.75. The zero-order valence-electron chi connectivity index (χ0n) is 19.8. The van der Waals surface area contributed by atoms with Gasteiger partial charge in [-0.1, -0.05) is 30.9 Å². The van der Waals surface area contributed by atoms with Gasteiger partial charge in [-0.3, -0.25) is 18.4 Å². The number of nitrogens with zero attached hydrogens (tertiary/aromatic N) is 2. The number of aromatic amines is 2. The topological polar surface area (TPSA) is 74.5 Å². The quantitative estimate of drug-likeness (QED) is 0.387. The molecule has 0 amide bonds. The average molecular weight is 461 g/mol. The van der Waals surface area contributed by atoms with E-state index in [0.29, 0.717) is 22.1 Å². The molecule has 0 aliphatic rings. The summed E-state index contributed by atoms with van der Waals surface area (Å²) in [7, 11) is 0. The minimum atomic E-state index is -0.129. The summed E-state index contributed by atoms with van der Waals surface area (Å²) in [5.74, 6) is 0. The van der Waals surface area contributed by atoms with Crippen LogP contribution in [0.4, 0.5) is 0 Å². The van der Waals surface area contributed by atoms with Crippen molar-refractivity contribution in [3.63, 3.8) is 0 Å². The molecule has 6 nitrogen and oxygen atoms in total. The Hall–Kier alpha value is -4.58. The Morgan fingerprint density at radius 2 is 1.34 bits per heavy atom. The van der Waals surface area contributed by atoms with E-state index in [1.165, 1.54) is 0 Å². The van der Waals surface area contributed by atoms with Crippen molar-refractivity contribution in [2.24, 2.45) is 0 Å². The highest BCUT2D eigenvalue weighted by molar-refractivity contribution is 6.27. The van der Waals surface area contributed by atoms with E-state index in [4.69, 9.17) is 0 Å². The molecule has 0 saturated carbocycles. The van der Waals surface area contributed by atoms with E-state index in [1.54, 1.807) is 27.0 Å². The lowest BCUT2D eigenvalue weighted by molar-refractivity contribution is 1.09. The molecule has 0 spiro atoms. The van der Waals surface area contributed by atoms with Gasteiger partial charge in [-0.05, 0) is 63.3 Å². The highest BCUT2D eigenvalue weighted by atomic mass is 16.1. The molecule has 2 aromatic carbocycles. The Morgan fingerprint density at radius 1 is 0.771 bits per heavy atom. The van der Waals surface area contributed by atoms with Gasteiger partial charge in [-0.2, -0.15) is 0 Å². The minimum absolute atomic E-state index is 0.114. The maximum atomic E-state index is 13.8. The number of pyridine rings is 2. The van der Waals surface area contributed by atoms with Crippen LogP contribution in [0.1, 0.15) is 32.2 Å². The van der Waals surface area contributed by atoms with Crippen molar-refractivity contribution >= 4 is 67.9 Å². The lowest BCUT2D eigenvalue weighted by Crippen LogP contribution is -2.32. The van der Waals surface area contributed by atoms with E-state index in [-0.39, 0.29) is 11.1 Å². The number of benzene rings is 2. The fourth-order valence-electron chi connectivity index (χ4n) is 5.37. The molecule has 0 saturated heterocycles. The highest BCUT2D eigenvalue weighted by Crippen LogP contribution is 2.35. The van der Waals surface area contributed by atoms with E-state index in [1.807, 2.05) is 69.4 Å². The Morgan fingerprint density at radius 3 is 1.91 bits per heavy atom. The molecule has 0 bridgehead atoms. The summed E-state index contributed by atoms with van der Waals surface area (Å²) in [4.78, 5) is 34.4. The first kappa shape index (κ1) is 21.0. The van der Waals surface area contributed by atoms with Gasteiger partial charge in [-0.25, -0.2) is 0 Å². The van der Waals surface area contributed by atoms with E-state index in [2.05, 4.69) is 16.5 Å². The van der Waals surface area contributed by atoms with Crippen LogP contribution in [0.3, 0.4) is 0 Å². The van der Waals surface area contributed by atoms with Gasteiger partial charge in [-0.15, -0.1) is 0 Å². The second kappa shape index (κ2) is 7.46. The van der Waals surface area contributed by atoms with Crippen LogP contribution in [-0.2, 0) is 0 Å². The second-order valence-corrected chi connectivity index (χ2v) is 8.59. The molecule has 0 aliphatic carbocycles. The van der Waals surface area contributed by atoms with Gasteiger partial charge in [0.1, 0.15) is 11.3 Å². The van der Waals surface area contributed by atoms with Gasteiger partial charge >= 0.3 is 0 Å². The van der Waals surface area contributed by atoms with Gasteiger partial charge in [0, 0.05) is 32.3 Å². The Labute approximate surface area is 199 Å². The lowest BCUT2D eigenvalue weighted by Gasteiger charge is -2.12. The van der Waals surface area contributed by atoms with Crippen molar-refractivity contribution in [3.05, 3.63) is 91.9 Å². The predicted molar refractivity (Wildman–Crippen MR) is 147 cm³/mol. The maximum Gasteiger partial charge on any atom is 0.264 e. The number of nitrogens with one attached hydrogen (secondary N) is 2. The lowest BCUT2D eigenvalue weighted by atomic mass is 9.96. The normalized spacial score (nSPS) is 14.0. The molecule has 6 rings (SSSR count). The van der Waals surface area contributed by atoms with Crippen LogP contribution in [0.15, 0.2) is 58.7 Å². The van der Waals surface area contributed by atoms with Crippen LogP contribution in [0.5, 0.6) is 0 Å². The van der Waals surface area contributed by atoms with Crippen molar-refractivity contribution in [3.8, 4) is 0 Å². The zero-order chi connectivity index (χ0) is 24.4. The van der Waals surface area contributed by atoms with Crippen LogP contribution in [-0.4, -0.2) is 18.8 Å². The molecule has 172 valence electrons. The van der Waals surface area contributed by atoms with Gasteiger partial charge in [0.05, 0.1) is 22.1 Å². The molecule has 6 aromatic rings. The summed E-state index contributed by atoms with van der Waals surface area (Å²) < 4.78 is 3.43. The van der Waals surface area contributed by atoms with E-state index < -0.39 is 0 Å². The Balaban J connectivity index is 1.95. The molecule has 0 atom stereocenters. The van der Waals surface area contributed by atoms with Crippen LogP contribution in [0, 0.1) is 0 Å². The summed E-state index contributed by atoms with van der Waals surface area (Å²) in [5.41, 5.74) is 2.84. The number of H-pyrrole nitrogens is 2. The second-order valence-electron chi connectivity index (χ2n) is 8.59. The SMILES string of the molecule is C=C/C=c1\c(=C/C)[nH]c2c3ccc4c5c(ccc(c(=O)n12)c35)c(=O)n1c(/C=C\C)c(/C=C\C)[nH]c41. The van der Waals surface area contributed by atoms with E-state index >= 15 is 0 Å². The number of hydrogen-bond acceptors (Lipinski definition) is 2. The van der Waals surface area contributed by atoms with Crippen molar-refractivity contribution < 1.29 is 0 Å². The van der Waals surface area contributed by atoms with Crippen molar-refractivity contribution in [1.82, 2.24) is 18.8 Å². The smallest absolute Gasteiger partial charge is 0.264 e. The number of rotatable bonds is 3. The summed E-state index contributed by atoms with van der Waals surface area (Å²) in [5, 5.41) is 6.15. The molecule has 6 heteroatoms. The number of aromatic nitrogens is 4. The first-order chi connectivity index (χ1) is 17.0. The van der Waals surface area contributed by atoms with E-state index in [9.17, 15) is 9.59 Å². The Bertz CT molecular complexity index is 2140. The Kier molecular flexibility index (Phi) is 4.48. The monoisotopic (exact) mass is 460 g/mol. The van der Waals surface area contributed by atoms with E-state index in [0.717, 1.165) is 43.6 Å². The molecule has 4 aromatic heterocycles. The first-order valence-electron chi connectivity index (χ1n) is 11.6. The third-order valence-corrected chi connectivity index (χ3v) is 6.75. The molecular formula is C29H24N4O2. The summed E-state index contributed by atoms with van der Waals surface area (Å²) >= 11 is 0.